The lowest BCUT2D eigenvalue weighted by molar-refractivity contribution is 0.362. The molecule has 2 rings (SSSR count). The molecule has 0 aliphatic carbocycles. The Labute approximate surface area is 125 Å². The standard InChI is InChI=1S/C13H16IN3O2/c1-8(2)4-11-15-12(19-16-11)7-17-6-10(14)5-9(3)13(17)18/h5-6,8H,4,7H2,1-3H3. The van der Waals surface area contributed by atoms with Crippen LogP contribution in [0.2, 0.25) is 0 Å². The van der Waals surface area contributed by atoms with Crippen molar-refractivity contribution in [3.05, 3.63) is 43.5 Å². The van der Waals surface area contributed by atoms with Crippen molar-refractivity contribution in [2.75, 3.05) is 0 Å². The molecule has 0 aromatic carbocycles. The summed E-state index contributed by atoms with van der Waals surface area (Å²) in [5.41, 5.74) is 0.692. The summed E-state index contributed by atoms with van der Waals surface area (Å²) in [5.74, 6) is 1.65. The fraction of sp³-hybridized carbons (Fsp3) is 0.462. The fourth-order valence-electron chi connectivity index (χ4n) is 1.81. The van der Waals surface area contributed by atoms with Crippen molar-refractivity contribution in [1.82, 2.24) is 14.7 Å². The highest BCUT2D eigenvalue weighted by atomic mass is 127. The first-order valence-electron chi connectivity index (χ1n) is 6.13. The zero-order valence-electron chi connectivity index (χ0n) is 11.2. The minimum atomic E-state index is -0.0241. The van der Waals surface area contributed by atoms with Crippen LogP contribution in [-0.4, -0.2) is 14.7 Å². The molecule has 0 spiro atoms. The van der Waals surface area contributed by atoms with Crippen LogP contribution in [0, 0.1) is 16.4 Å². The zero-order valence-corrected chi connectivity index (χ0v) is 13.3. The lowest BCUT2D eigenvalue weighted by atomic mass is 10.1. The second-order valence-electron chi connectivity index (χ2n) is 4.98. The van der Waals surface area contributed by atoms with Gasteiger partial charge in [0.2, 0.25) is 5.89 Å². The molecule has 2 aromatic heterocycles. The predicted octanol–water partition coefficient (Wildman–Crippen LogP) is 2.39. The zero-order chi connectivity index (χ0) is 14.0. The molecule has 102 valence electrons. The molecular formula is C13H16IN3O2. The highest BCUT2D eigenvalue weighted by molar-refractivity contribution is 14.1. The van der Waals surface area contributed by atoms with E-state index in [1.807, 2.05) is 6.07 Å². The molecule has 2 heterocycles. The van der Waals surface area contributed by atoms with E-state index in [0.29, 0.717) is 29.7 Å². The van der Waals surface area contributed by atoms with Gasteiger partial charge in [0.05, 0.1) is 0 Å². The van der Waals surface area contributed by atoms with Gasteiger partial charge in [-0.15, -0.1) is 0 Å². The Bertz CT molecular complexity index is 631. The van der Waals surface area contributed by atoms with Crippen LogP contribution in [0.4, 0.5) is 0 Å². The number of halogens is 1. The molecule has 0 fully saturated rings. The van der Waals surface area contributed by atoms with Crippen LogP contribution >= 0.6 is 22.6 Å². The van der Waals surface area contributed by atoms with E-state index in [1.54, 1.807) is 17.7 Å². The number of hydrogen-bond acceptors (Lipinski definition) is 4. The van der Waals surface area contributed by atoms with Crippen LogP contribution in [0.1, 0.15) is 31.1 Å². The molecule has 0 amide bonds. The molecule has 0 aliphatic rings. The number of rotatable bonds is 4. The maximum absolute atomic E-state index is 12.0. The van der Waals surface area contributed by atoms with Crippen molar-refractivity contribution in [2.45, 2.75) is 33.7 Å². The van der Waals surface area contributed by atoms with Crippen molar-refractivity contribution in [1.29, 1.82) is 0 Å². The SMILES string of the molecule is Cc1cc(I)cn(Cc2nc(CC(C)C)no2)c1=O. The van der Waals surface area contributed by atoms with Crippen molar-refractivity contribution in [3.8, 4) is 0 Å². The Morgan fingerprint density at radius 1 is 1.47 bits per heavy atom. The maximum atomic E-state index is 12.0. The normalized spacial score (nSPS) is 11.2. The van der Waals surface area contributed by atoms with E-state index in [-0.39, 0.29) is 5.56 Å². The number of aromatic nitrogens is 3. The summed E-state index contributed by atoms with van der Waals surface area (Å²) < 4.78 is 7.79. The molecule has 0 bridgehead atoms. The molecule has 0 saturated carbocycles. The van der Waals surface area contributed by atoms with Crippen LogP contribution in [0.25, 0.3) is 0 Å². The van der Waals surface area contributed by atoms with Gasteiger partial charge in [0.25, 0.3) is 5.56 Å². The summed E-state index contributed by atoms with van der Waals surface area (Å²) in [6.07, 6.45) is 2.58. The molecule has 0 unspecified atom stereocenters. The van der Waals surface area contributed by atoms with Crippen LogP contribution < -0.4 is 5.56 Å². The molecule has 2 aromatic rings. The summed E-state index contributed by atoms with van der Waals surface area (Å²) in [5, 5.41) is 3.92. The second kappa shape index (κ2) is 5.85. The molecule has 6 heteroatoms. The summed E-state index contributed by atoms with van der Waals surface area (Å²) in [7, 11) is 0. The van der Waals surface area contributed by atoms with Gasteiger partial charge in [-0.3, -0.25) is 4.79 Å². The molecule has 0 saturated heterocycles. The van der Waals surface area contributed by atoms with Crippen LogP contribution in [-0.2, 0) is 13.0 Å². The van der Waals surface area contributed by atoms with Gasteiger partial charge in [-0.05, 0) is 41.5 Å². The molecule has 0 atom stereocenters. The summed E-state index contributed by atoms with van der Waals surface area (Å²) in [6, 6.07) is 1.86. The largest absolute Gasteiger partial charge is 0.337 e. The Morgan fingerprint density at radius 2 is 2.21 bits per heavy atom. The monoisotopic (exact) mass is 373 g/mol. The van der Waals surface area contributed by atoms with E-state index in [9.17, 15) is 4.79 Å². The van der Waals surface area contributed by atoms with E-state index in [1.165, 1.54) is 0 Å². The topological polar surface area (TPSA) is 60.9 Å². The van der Waals surface area contributed by atoms with Crippen molar-refractivity contribution < 1.29 is 4.52 Å². The summed E-state index contributed by atoms with van der Waals surface area (Å²) in [6.45, 7) is 6.33. The molecule has 0 radical (unpaired) electrons. The van der Waals surface area contributed by atoms with E-state index in [2.05, 4.69) is 46.6 Å². The van der Waals surface area contributed by atoms with Crippen LogP contribution in [0.3, 0.4) is 0 Å². The van der Waals surface area contributed by atoms with Gasteiger partial charge in [0.15, 0.2) is 5.82 Å². The Kier molecular flexibility index (Phi) is 4.38. The van der Waals surface area contributed by atoms with E-state index in [4.69, 9.17) is 4.52 Å². The lowest BCUT2D eigenvalue weighted by Gasteiger charge is -2.04. The lowest BCUT2D eigenvalue weighted by Crippen LogP contribution is -2.22. The first-order chi connectivity index (χ1) is 8.95. The number of pyridine rings is 1. The van der Waals surface area contributed by atoms with E-state index in [0.717, 1.165) is 9.99 Å². The Balaban J connectivity index is 2.22. The minimum absolute atomic E-state index is 0.0241. The third-order valence-corrected chi connectivity index (χ3v) is 3.23. The third kappa shape index (κ3) is 3.65. The van der Waals surface area contributed by atoms with Gasteiger partial charge >= 0.3 is 0 Å². The van der Waals surface area contributed by atoms with Gasteiger partial charge in [-0.1, -0.05) is 19.0 Å². The van der Waals surface area contributed by atoms with Gasteiger partial charge < -0.3 is 9.09 Å². The van der Waals surface area contributed by atoms with E-state index < -0.39 is 0 Å². The number of aryl methyl sites for hydroxylation is 1. The minimum Gasteiger partial charge on any atom is -0.337 e. The average molecular weight is 373 g/mol. The molecule has 5 nitrogen and oxygen atoms in total. The highest BCUT2D eigenvalue weighted by Gasteiger charge is 2.10. The fourth-order valence-corrected chi connectivity index (χ4v) is 2.61. The Hall–Kier alpha value is -1.18. The molecule has 0 aliphatic heterocycles. The first-order valence-corrected chi connectivity index (χ1v) is 7.21. The molecule has 0 N–H and O–H groups in total. The quantitative estimate of drug-likeness (QED) is 0.773. The van der Waals surface area contributed by atoms with Gasteiger partial charge in [0.1, 0.15) is 6.54 Å². The average Bonchev–Trinajstić information content (AvgIpc) is 2.71. The van der Waals surface area contributed by atoms with Gasteiger partial charge in [-0.25, -0.2) is 0 Å². The van der Waals surface area contributed by atoms with Crippen LogP contribution in [0.5, 0.6) is 0 Å². The van der Waals surface area contributed by atoms with Crippen molar-refractivity contribution in [3.63, 3.8) is 0 Å². The predicted molar refractivity (Wildman–Crippen MR) is 80.1 cm³/mol. The van der Waals surface area contributed by atoms with E-state index >= 15 is 0 Å². The molecule has 19 heavy (non-hydrogen) atoms. The van der Waals surface area contributed by atoms with Crippen molar-refractivity contribution in [2.24, 2.45) is 5.92 Å². The number of nitrogens with zero attached hydrogens (tertiary/aromatic N) is 3. The van der Waals surface area contributed by atoms with Gasteiger partial charge in [0, 0.05) is 21.8 Å². The summed E-state index contributed by atoms with van der Waals surface area (Å²) in [4.78, 5) is 16.3. The highest BCUT2D eigenvalue weighted by Crippen LogP contribution is 2.07. The van der Waals surface area contributed by atoms with Crippen molar-refractivity contribution >= 4 is 22.6 Å². The third-order valence-electron chi connectivity index (χ3n) is 2.64. The van der Waals surface area contributed by atoms with Crippen LogP contribution in [0.15, 0.2) is 21.6 Å². The molecular weight excluding hydrogens is 357 g/mol. The first kappa shape index (κ1) is 14.2. The summed E-state index contributed by atoms with van der Waals surface area (Å²) >= 11 is 2.19. The second-order valence-corrected chi connectivity index (χ2v) is 6.22. The Morgan fingerprint density at radius 3 is 2.89 bits per heavy atom. The maximum Gasteiger partial charge on any atom is 0.253 e. The van der Waals surface area contributed by atoms with Gasteiger partial charge in [-0.2, -0.15) is 4.98 Å². The smallest absolute Gasteiger partial charge is 0.253 e. The number of hydrogen-bond donors (Lipinski definition) is 0.